The van der Waals surface area contributed by atoms with E-state index in [0.29, 0.717) is 11.4 Å². The standard InChI is InChI=1S/C11H11N5O3/c1-19-11-9(16(17)18)10(13-6-14-11)15-8-4-2-3-7(12)5-8/h2-6H,12H2,1H3,(H,13,14,15). The molecule has 98 valence electrons. The van der Waals surface area contributed by atoms with E-state index < -0.39 is 4.92 Å². The first-order valence-corrected chi connectivity index (χ1v) is 5.27. The van der Waals surface area contributed by atoms with E-state index in [9.17, 15) is 10.1 Å². The summed E-state index contributed by atoms with van der Waals surface area (Å²) in [6.07, 6.45) is 1.18. The number of nitrogens with zero attached hydrogens (tertiary/aromatic N) is 3. The van der Waals surface area contributed by atoms with Gasteiger partial charge in [0.05, 0.1) is 12.0 Å². The van der Waals surface area contributed by atoms with Crippen LogP contribution in [0.5, 0.6) is 5.88 Å². The second kappa shape index (κ2) is 5.17. The van der Waals surface area contributed by atoms with E-state index in [1.165, 1.54) is 13.4 Å². The molecule has 0 unspecified atom stereocenters. The van der Waals surface area contributed by atoms with Gasteiger partial charge in [0.1, 0.15) is 6.33 Å². The number of nitro groups is 1. The molecule has 0 bridgehead atoms. The summed E-state index contributed by atoms with van der Waals surface area (Å²) in [5.74, 6) is -0.0612. The van der Waals surface area contributed by atoms with Gasteiger partial charge in [-0.15, -0.1) is 0 Å². The first kappa shape index (κ1) is 12.6. The summed E-state index contributed by atoms with van der Waals surface area (Å²) in [6.45, 7) is 0. The molecular formula is C11H11N5O3. The van der Waals surface area contributed by atoms with Crippen molar-refractivity contribution in [2.75, 3.05) is 18.2 Å². The van der Waals surface area contributed by atoms with Crippen molar-refractivity contribution in [3.8, 4) is 5.88 Å². The number of nitrogen functional groups attached to an aromatic ring is 1. The van der Waals surface area contributed by atoms with Crippen LogP contribution < -0.4 is 15.8 Å². The van der Waals surface area contributed by atoms with Gasteiger partial charge < -0.3 is 15.8 Å². The molecule has 0 aliphatic carbocycles. The zero-order valence-corrected chi connectivity index (χ0v) is 10.0. The fourth-order valence-corrected chi connectivity index (χ4v) is 1.52. The lowest BCUT2D eigenvalue weighted by atomic mass is 10.3. The van der Waals surface area contributed by atoms with E-state index >= 15 is 0 Å². The van der Waals surface area contributed by atoms with E-state index in [4.69, 9.17) is 10.5 Å². The van der Waals surface area contributed by atoms with Crippen molar-refractivity contribution < 1.29 is 9.66 Å². The van der Waals surface area contributed by atoms with Crippen LogP contribution in [0.15, 0.2) is 30.6 Å². The summed E-state index contributed by atoms with van der Waals surface area (Å²) in [6, 6.07) is 6.79. The van der Waals surface area contributed by atoms with Crippen molar-refractivity contribution in [3.63, 3.8) is 0 Å². The zero-order chi connectivity index (χ0) is 13.8. The molecule has 1 aromatic carbocycles. The molecular weight excluding hydrogens is 250 g/mol. The minimum absolute atomic E-state index is 0.0439. The molecule has 2 aromatic rings. The number of hydrogen-bond donors (Lipinski definition) is 2. The summed E-state index contributed by atoms with van der Waals surface area (Å²) in [5, 5.41) is 13.9. The van der Waals surface area contributed by atoms with Gasteiger partial charge in [0.25, 0.3) is 5.88 Å². The fraction of sp³-hybridized carbons (Fsp3) is 0.0909. The monoisotopic (exact) mass is 261 g/mol. The molecule has 0 fully saturated rings. The molecule has 0 saturated carbocycles. The second-order valence-corrected chi connectivity index (χ2v) is 3.59. The van der Waals surface area contributed by atoms with Gasteiger partial charge in [-0.2, -0.15) is 4.98 Å². The average molecular weight is 261 g/mol. The average Bonchev–Trinajstić information content (AvgIpc) is 2.38. The van der Waals surface area contributed by atoms with Crippen LogP contribution >= 0.6 is 0 Å². The van der Waals surface area contributed by atoms with E-state index in [-0.39, 0.29) is 17.4 Å². The largest absolute Gasteiger partial charge is 0.476 e. The van der Waals surface area contributed by atoms with Crippen molar-refractivity contribution >= 4 is 22.9 Å². The maximum absolute atomic E-state index is 11.0. The summed E-state index contributed by atoms with van der Waals surface area (Å²) in [4.78, 5) is 18.0. The van der Waals surface area contributed by atoms with Gasteiger partial charge in [-0.3, -0.25) is 10.1 Å². The molecule has 0 amide bonds. The van der Waals surface area contributed by atoms with Gasteiger partial charge in [-0.05, 0) is 18.2 Å². The highest BCUT2D eigenvalue weighted by Crippen LogP contribution is 2.32. The Morgan fingerprint density at radius 3 is 2.84 bits per heavy atom. The van der Waals surface area contributed by atoms with Crippen molar-refractivity contribution in [2.45, 2.75) is 0 Å². The van der Waals surface area contributed by atoms with E-state index in [0.717, 1.165) is 0 Å². The Bertz CT molecular complexity index is 617. The number of hydrogen-bond acceptors (Lipinski definition) is 7. The van der Waals surface area contributed by atoms with Crippen molar-refractivity contribution in [2.24, 2.45) is 0 Å². The molecule has 0 aliphatic heterocycles. The van der Waals surface area contributed by atoms with Crippen LogP contribution in [-0.2, 0) is 0 Å². The highest BCUT2D eigenvalue weighted by atomic mass is 16.6. The lowest BCUT2D eigenvalue weighted by molar-refractivity contribution is -0.385. The summed E-state index contributed by atoms with van der Waals surface area (Å²) in [7, 11) is 1.31. The maximum Gasteiger partial charge on any atom is 0.373 e. The summed E-state index contributed by atoms with van der Waals surface area (Å²) >= 11 is 0. The van der Waals surface area contributed by atoms with Crippen LogP contribution in [0.4, 0.5) is 22.9 Å². The van der Waals surface area contributed by atoms with Crippen LogP contribution in [0, 0.1) is 10.1 Å². The van der Waals surface area contributed by atoms with Crippen molar-refractivity contribution in [3.05, 3.63) is 40.7 Å². The first-order chi connectivity index (χ1) is 9.11. The van der Waals surface area contributed by atoms with Crippen LogP contribution in [0.2, 0.25) is 0 Å². The minimum Gasteiger partial charge on any atom is -0.476 e. The van der Waals surface area contributed by atoms with Crippen LogP contribution in [0.25, 0.3) is 0 Å². The smallest absolute Gasteiger partial charge is 0.373 e. The summed E-state index contributed by atoms with van der Waals surface area (Å²) in [5.41, 5.74) is 6.43. The maximum atomic E-state index is 11.0. The molecule has 0 spiro atoms. The quantitative estimate of drug-likeness (QED) is 0.489. The highest BCUT2D eigenvalue weighted by Gasteiger charge is 2.23. The Morgan fingerprint density at radius 2 is 2.21 bits per heavy atom. The molecule has 0 radical (unpaired) electrons. The number of nitrogens with two attached hydrogens (primary N) is 1. The Hall–Kier alpha value is -2.90. The number of benzene rings is 1. The van der Waals surface area contributed by atoms with Gasteiger partial charge in [0.15, 0.2) is 0 Å². The molecule has 8 heteroatoms. The molecule has 0 atom stereocenters. The fourth-order valence-electron chi connectivity index (χ4n) is 1.52. The Kier molecular flexibility index (Phi) is 3.42. The third-order valence-corrected chi connectivity index (χ3v) is 2.31. The molecule has 1 aromatic heterocycles. The SMILES string of the molecule is COc1ncnc(Nc2cccc(N)c2)c1[N+](=O)[O-]. The predicted molar refractivity (Wildman–Crippen MR) is 69.4 cm³/mol. The lowest BCUT2D eigenvalue weighted by Gasteiger charge is -2.08. The molecule has 0 aliphatic rings. The minimum atomic E-state index is -0.604. The number of rotatable bonds is 4. The molecule has 19 heavy (non-hydrogen) atoms. The van der Waals surface area contributed by atoms with Gasteiger partial charge in [0, 0.05) is 11.4 Å². The van der Waals surface area contributed by atoms with Gasteiger partial charge in [-0.25, -0.2) is 4.98 Å². The first-order valence-electron chi connectivity index (χ1n) is 5.27. The third kappa shape index (κ3) is 2.68. The Morgan fingerprint density at radius 1 is 1.42 bits per heavy atom. The topological polar surface area (TPSA) is 116 Å². The van der Waals surface area contributed by atoms with E-state index in [1.807, 2.05) is 0 Å². The van der Waals surface area contributed by atoms with Crippen LogP contribution in [0.3, 0.4) is 0 Å². The van der Waals surface area contributed by atoms with Crippen molar-refractivity contribution in [1.29, 1.82) is 0 Å². The van der Waals surface area contributed by atoms with E-state index in [2.05, 4.69) is 15.3 Å². The molecule has 2 rings (SSSR count). The number of ether oxygens (including phenoxy) is 1. The van der Waals surface area contributed by atoms with Gasteiger partial charge in [-0.1, -0.05) is 6.07 Å². The Balaban J connectivity index is 2.42. The second-order valence-electron chi connectivity index (χ2n) is 3.59. The highest BCUT2D eigenvalue weighted by molar-refractivity contribution is 5.69. The molecule has 0 saturated heterocycles. The number of aromatic nitrogens is 2. The van der Waals surface area contributed by atoms with Gasteiger partial charge >= 0.3 is 5.69 Å². The number of anilines is 3. The molecule has 1 heterocycles. The lowest BCUT2D eigenvalue weighted by Crippen LogP contribution is -2.03. The molecule has 3 N–H and O–H groups in total. The van der Waals surface area contributed by atoms with E-state index in [1.54, 1.807) is 24.3 Å². The zero-order valence-electron chi connectivity index (χ0n) is 10.0. The predicted octanol–water partition coefficient (Wildman–Crippen LogP) is 1.72. The third-order valence-electron chi connectivity index (χ3n) is 2.31. The number of nitrogens with one attached hydrogen (secondary N) is 1. The van der Waals surface area contributed by atoms with Gasteiger partial charge in [0.2, 0.25) is 5.82 Å². The summed E-state index contributed by atoms with van der Waals surface area (Å²) < 4.78 is 4.85. The molecule has 8 nitrogen and oxygen atoms in total. The van der Waals surface area contributed by atoms with Crippen LogP contribution in [-0.4, -0.2) is 22.0 Å². The number of methoxy groups -OCH3 is 1. The van der Waals surface area contributed by atoms with Crippen molar-refractivity contribution in [1.82, 2.24) is 9.97 Å². The Labute approximate surface area is 108 Å². The normalized spacial score (nSPS) is 9.95. The van der Waals surface area contributed by atoms with Crippen LogP contribution in [0.1, 0.15) is 0 Å².